The van der Waals surface area contributed by atoms with Crippen LogP contribution in [0.25, 0.3) is 0 Å². The summed E-state index contributed by atoms with van der Waals surface area (Å²) in [6, 6.07) is 6.48. The molecule has 0 bridgehead atoms. The third-order valence-corrected chi connectivity index (χ3v) is 3.48. The first-order chi connectivity index (χ1) is 10.1. The SMILES string of the molecule is CCCCCCOCC(O)CN[C@H](C)c1ccc(F)cc1. The van der Waals surface area contributed by atoms with E-state index in [0.717, 1.165) is 12.0 Å². The summed E-state index contributed by atoms with van der Waals surface area (Å²) in [4.78, 5) is 0. The number of hydrogen-bond acceptors (Lipinski definition) is 3. The molecule has 4 heteroatoms. The van der Waals surface area contributed by atoms with Gasteiger partial charge in [-0.05, 0) is 31.0 Å². The molecular weight excluding hydrogens is 269 g/mol. The van der Waals surface area contributed by atoms with Crippen molar-refractivity contribution in [3.05, 3.63) is 35.6 Å². The molecule has 0 aliphatic heterocycles. The van der Waals surface area contributed by atoms with E-state index in [-0.39, 0.29) is 11.9 Å². The van der Waals surface area contributed by atoms with Gasteiger partial charge in [-0.15, -0.1) is 0 Å². The van der Waals surface area contributed by atoms with E-state index in [1.165, 1.54) is 31.4 Å². The maximum absolute atomic E-state index is 12.8. The Balaban J connectivity index is 2.11. The Hall–Kier alpha value is -0.970. The number of unbranched alkanes of at least 4 members (excludes halogenated alkanes) is 3. The summed E-state index contributed by atoms with van der Waals surface area (Å²) < 4.78 is 18.3. The molecule has 21 heavy (non-hydrogen) atoms. The number of ether oxygens (including phenoxy) is 1. The van der Waals surface area contributed by atoms with Crippen LogP contribution in [0.15, 0.2) is 24.3 Å². The van der Waals surface area contributed by atoms with Crippen LogP contribution in [-0.2, 0) is 4.74 Å². The van der Waals surface area contributed by atoms with E-state index in [2.05, 4.69) is 12.2 Å². The van der Waals surface area contributed by atoms with E-state index < -0.39 is 6.10 Å². The molecule has 0 heterocycles. The first kappa shape index (κ1) is 18.1. The second-order valence-corrected chi connectivity index (χ2v) is 5.47. The van der Waals surface area contributed by atoms with Gasteiger partial charge in [0.05, 0.1) is 12.7 Å². The summed E-state index contributed by atoms with van der Waals surface area (Å²) in [6.07, 6.45) is 4.18. The number of aliphatic hydroxyl groups is 1. The fourth-order valence-corrected chi connectivity index (χ4v) is 2.09. The molecule has 0 aliphatic rings. The van der Waals surface area contributed by atoms with E-state index in [1.807, 2.05) is 6.92 Å². The zero-order valence-corrected chi connectivity index (χ0v) is 13.1. The molecule has 1 aromatic rings. The first-order valence-corrected chi connectivity index (χ1v) is 7.88. The molecule has 0 saturated carbocycles. The Labute approximate surface area is 127 Å². The number of aliphatic hydroxyl groups excluding tert-OH is 1. The second kappa shape index (κ2) is 10.7. The highest BCUT2D eigenvalue weighted by molar-refractivity contribution is 5.19. The molecular formula is C17H28FNO2. The Morgan fingerprint density at radius 3 is 2.57 bits per heavy atom. The van der Waals surface area contributed by atoms with Crippen molar-refractivity contribution in [1.82, 2.24) is 5.32 Å². The Morgan fingerprint density at radius 1 is 1.19 bits per heavy atom. The van der Waals surface area contributed by atoms with Gasteiger partial charge in [0.2, 0.25) is 0 Å². The van der Waals surface area contributed by atoms with Crippen molar-refractivity contribution in [2.75, 3.05) is 19.8 Å². The molecule has 2 N–H and O–H groups in total. The predicted octanol–water partition coefficient (Wildman–Crippen LogP) is 3.43. The lowest BCUT2D eigenvalue weighted by molar-refractivity contribution is 0.0343. The van der Waals surface area contributed by atoms with Gasteiger partial charge in [0.15, 0.2) is 0 Å². The van der Waals surface area contributed by atoms with E-state index in [1.54, 1.807) is 12.1 Å². The van der Waals surface area contributed by atoms with Crippen molar-refractivity contribution in [1.29, 1.82) is 0 Å². The standard InChI is InChI=1S/C17H28FNO2/c1-3-4-5-6-11-21-13-17(20)12-19-14(2)15-7-9-16(18)10-8-15/h7-10,14,17,19-20H,3-6,11-13H2,1-2H3/t14-,17?/m1/s1. The largest absolute Gasteiger partial charge is 0.389 e. The van der Waals surface area contributed by atoms with Crippen molar-refractivity contribution in [2.24, 2.45) is 0 Å². The summed E-state index contributed by atoms with van der Waals surface area (Å²) in [5, 5.41) is 13.1. The topological polar surface area (TPSA) is 41.5 Å². The quantitative estimate of drug-likeness (QED) is 0.615. The zero-order chi connectivity index (χ0) is 15.5. The number of nitrogens with one attached hydrogen (secondary N) is 1. The summed E-state index contributed by atoms with van der Waals surface area (Å²) in [6.45, 7) is 5.71. The van der Waals surface area contributed by atoms with E-state index in [0.29, 0.717) is 19.8 Å². The lowest BCUT2D eigenvalue weighted by Gasteiger charge is -2.17. The second-order valence-electron chi connectivity index (χ2n) is 5.47. The van der Waals surface area contributed by atoms with Crippen LogP contribution in [0.4, 0.5) is 4.39 Å². The van der Waals surface area contributed by atoms with E-state index >= 15 is 0 Å². The molecule has 1 rings (SSSR count). The molecule has 0 radical (unpaired) electrons. The van der Waals surface area contributed by atoms with Crippen molar-refractivity contribution in [2.45, 2.75) is 51.7 Å². The summed E-state index contributed by atoms with van der Waals surface area (Å²) >= 11 is 0. The van der Waals surface area contributed by atoms with Gasteiger partial charge in [0, 0.05) is 19.2 Å². The van der Waals surface area contributed by atoms with Gasteiger partial charge >= 0.3 is 0 Å². The Kier molecular flexibility index (Phi) is 9.22. The highest BCUT2D eigenvalue weighted by atomic mass is 19.1. The minimum Gasteiger partial charge on any atom is -0.389 e. The predicted molar refractivity (Wildman–Crippen MR) is 83.8 cm³/mol. The van der Waals surface area contributed by atoms with Crippen molar-refractivity contribution >= 4 is 0 Å². The van der Waals surface area contributed by atoms with Crippen LogP contribution >= 0.6 is 0 Å². The van der Waals surface area contributed by atoms with Crippen LogP contribution in [-0.4, -0.2) is 31.0 Å². The molecule has 0 fully saturated rings. The van der Waals surface area contributed by atoms with Crippen LogP contribution in [0.3, 0.4) is 0 Å². The van der Waals surface area contributed by atoms with Crippen molar-refractivity contribution in [3.8, 4) is 0 Å². The first-order valence-electron chi connectivity index (χ1n) is 7.88. The normalized spacial score (nSPS) is 14.1. The lowest BCUT2D eigenvalue weighted by atomic mass is 10.1. The highest BCUT2D eigenvalue weighted by Crippen LogP contribution is 2.12. The summed E-state index contributed by atoms with van der Waals surface area (Å²) in [5.41, 5.74) is 1.00. The van der Waals surface area contributed by atoms with Crippen LogP contribution < -0.4 is 5.32 Å². The molecule has 120 valence electrons. The number of benzene rings is 1. The summed E-state index contributed by atoms with van der Waals surface area (Å²) in [7, 11) is 0. The summed E-state index contributed by atoms with van der Waals surface area (Å²) in [5.74, 6) is -0.234. The van der Waals surface area contributed by atoms with Gasteiger partial charge in [-0.25, -0.2) is 4.39 Å². The highest BCUT2D eigenvalue weighted by Gasteiger charge is 2.09. The lowest BCUT2D eigenvalue weighted by Crippen LogP contribution is -2.32. The molecule has 0 spiro atoms. The average Bonchev–Trinajstić information content (AvgIpc) is 2.49. The Morgan fingerprint density at radius 2 is 1.90 bits per heavy atom. The van der Waals surface area contributed by atoms with Crippen LogP contribution in [0.5, 0.6) is 0 Å². The maximum atomic E-state index is 12.8. The number of rotatable bonds is 11. The van der Waals surface area contributed by atoms with Gasteiger partial charge in [-0.2, -0.15) is 0 Å². The minimum atomic E-state index is -0.515. The van der Waals surface area contributed by atoms with Gasteiger partial charge < -0.3 is 15.2 Å². The fraction of sp³-hybridized carbons (Fsp3) is 0.647. The van der Waals surface area contributed by atoms with E-state index in [9.17, 15) is 9.50 Å². The fourth-order valence-electron chi connectivity index (χ4n) is 2.09. The molecule has 0 aliphatic carbocycles. The molecule has 1 unspecified atom stereocenters. The maximum Gasteiger partial charge on any atom is 0.123 e. The third kappa shape index (κ3) is 8.15. The van der Waals surface area contributed by atoms with Crippen LogP contribution in [0, 0.1) is 5.82 Å². The van der Waals surface area contributed by atoms with Gasteiger partial charge in [-0.1, -0.05) is 38.3 Å². The van der Waals surface area contributed by atoms with E-state index in [4.69, 9.17) is 4.74 Å². The number of hydrogen-bond donors (Lipinski definition) is 2. The number of halogens is 1. The van der Waals surface area contributed by atoms with Crippen LogP contribution in [0.2, 0.25) is 0 Å². The molecule has 0 amide bonds. The zero-order valence-electron chi connectivity index (χ0n) is 13.1. The van der Waals surface area contributed by atoms with Crippen molar-refractivity contribution in [3.63, 3.8) is 0 Å². The smallest absolute Gasteiger partial charge is 0.123 e. The minimum absolute atomic E-state index is 0.0739. The molecule has 2 atom stereocenters. The molecule has 0 aromatic heterocycles. The molecule has 1 aromatic carbocycles. The van der Waals surface area contributed by atoms with Gasteiger partial charge in [0.25, 0.3) is 0 Å². The molecule has 3 nitrogen and oxygen atoms in total. The monoisotopic (exact) mass is 297 g/mol. The van der Waals surface area contributed by atoms with Gasteiger partial charge in [0.1, 0.15) is 5.82 Å². The van der Waals surface area contributed by atoms with Gasteiger partial charge in [-0.3, -0.25) is 0 Å². The average molecular weight is 297 g/mol. The van der Waals surface area contributed by atoms with Crippen molar-refractivity contribution < 1.29 is 14.2 Å². The Bertz CT molecular complexity index is 370. The third-order valence-electron chi connectivity index (χ3n) is 3.48. The molecule has 0 saturated heterocycles. The van der Waals surface area contributed by atoms with Crippen LogP contribution in [0.1, 0.15) is 51.1 Å².